The van der Waals surface area contributed by atoms with E-state index >= 15 is 0 Å². The molecule has 0 aliphatic rings. The molecule has 7 heteroatoms. The summed E-state index contributed by atoms with van der Waals surface area (Å²) in [5, 5.41) is 1.72. The van der Waals surface area contributed by atoms with Crippen molar-refractivity contribution in [3.63, 3.8) is 0 Å². The Hall–Kier alpha value is -2.89. The highest BCUT2D eigenvalue weighted by molar-refractivity contribution is 6.35. The quantitative estimate of drug-likeness (QED) is 0.502. The molecule has 0 atom stereocenters. The Morgan fingerprint density at radius 1 is 0.885 bits per heavy atom. The number of nitrogens with two attached hydrogens (primary N) is 1. The first-order valence-corrected chi connectivity index (χ1v) is 8.39. The summed E-state index contributed by atoms with van der Waals surface area (Å²) in [5.74, 6) is 0.0288. The van der Waals surface area contributed by atoms with Gasteiger partial charge in [0.2, 0.25) is 5.95 Å². The molecule has 26 heavy (non-hydrogen) atoms. The molecule has 5 nitrogen and oxygen atoms in total. The molecular formula is C19H11Cl2N3O2. The SMILES string of the molecule is Nc1nc(-c2cc(Cl)cc(Cl)c2)cc(-c2cc3ccccc3oc2=O)n1. The van der Waals surface area contributed by atoms with E-state index < -0.39 is 5.63 Å². The monoisotopic (exact) mass is 383 g/mol. The van der Waals surface area contributed by atoms with Gasteiger partial charge in [0, 0.05) is 21.0 Å². The molecule has 0 unspecified atom stereocenters. The van der Waals surface area contributed by atoms with Gasteiger partial charge in [-0.25, -0.2) is 14.8 Å². The molecule has 0 saturated carbocycles. The van der Waals surface area contributed by atoms with E-state index in [0.717, 1.165) is 5.39 Å². The Labute approximate surface area is 158 Å². The van der Waals surface area contributed by atoms with Crippen molar-refractivity contribution >= 4 is 40.1 Å². The molecule has 128 valence electrons. The Kier molecular flexibility index (Phi) is 4.11. The van der Waals surface area contributed by atoms with E-state index in [1.165, 1.54) is 0 Å². The number of benzene rings is 2. The smallest absolute Gasteiger partial charge is 0.345 e. The van der Waals surface area contributed by atoms with Crippen molar-refractivity contribution < 1.29 is 4.42 Å². The molecular weight excluding hydrogens is 373 g/mol. The molecule has 2 aromatic heterocycles. The van der Waals surface area contributed by atoms with Crippen LogP contribution in [0.2, 0.25) is 10.0 Å². The second kappa shape index (κ2) is 6.44. The third-order valence-electron chi connectivity index (χ3n) is 3.82. The number of nitrogen functional groups attached to an aromatic ring is 1. The van der Waals surface area contributed by atoms with Crippen LogP contribution in [0.1, 0.15) is 0 Å². The zero-order valence-corrected chi connectivity index (χ0v) is 14.8. The maximum atomic E-state index is 12.4. The third-order valence-corrected chi connectivity index (χ3v) is 4.26. The topological polar surface area (TPSA) is 82.0 Å². The summed E-state index contributed by atoms with van der Waals surface area (Å²) in [5.41, 5.74) is 7.69. The molecule has 0 amide bonds. The Balaban J connectivity index is 1.92. The van der Waals surface area contributed by atoms with Crippen molar-refractivity contribution in [3.8, 4) is 22.5 Å². The fraction of sp³-hybridized carbons (Fsp3) is 0. The summed E-state index contributed by atoms with van der Waals surface area (Å²) < 4.78 is 5.37. The van der Waals surface area contributed by atoms with Crippen molar-refractivity contribution in [2.24, 2.45) is 0 Å². The molecule has 0 saturated heterocycles. The van der Waals surface area contributed by atoms with Gasteiger partial charge in [0.15, 0.2) is 0 Å². The van der Waals surface area contributed by atoms with Crippen molar-refractivity contribution in [3.05, 3.63) is 75.1 Å². The zero-order chi connectivity index (χ0) is 18.3. The van der Waals surface area contributed by atoms with E-state index in [2.05, 4.69) is 9.97 Å². The number of nitrogens with zero attached hydrogens (tertiary/aromatic N) is 2. The minimum Gasteiger partial charge on any atom is -0.422 e. The van der Waals surface area contributed by atoms with Crippen LogP contribution in [0.3, 0.4) is 0 Å². The zero-order valence-electron chi connectivity index (χ0n) is 13.2. The lowest BCUT2D eigenvalue weighted by molar-refractivity contribution is 0.563. The van der Waals surface area contributed by atoms with Crippen molar-refractivity contribution in [1.82, 2.24) is 9.97 Å². The first kappa shape index (κ1) is 16.6. The lowest BCUT2D eigenvalue weighted by Gasteiger charge is -2.07. The van der Waals surface area contributed by atoms with E-state index in [0.29, 0.717) is 38.1 Å². The Morgan fingerprint density at radius 2 is 1.58 bits per heavy atom. The van der Waals surface area contributed by atoms with Crippen LogP contribution in [0.4, 0.5) is 5.95 Å². The van der Waals surface area contributed by atoms with Crippen LogP contribution in [0.15, 0.2) is 63.8 Å². The van der Waals surface area contributed by atoms with Gasteiger partial charge < -0.3 is 10.2 Å². The normalized spacial score (nSPS) is 11.0. The summed E-state index contributed by atoms with van der Waals surface area (Å²) in [6.07, 6.45) is 0. The van der Waals surface area contributed by atoms with Gasteiger partial charge in [0.25, 0.3) is 0 Å². The number of hydrogen-bond donors (Lipinski definition) is 1. The number of para-hydroxylation sites is 1. The fourth-order valence-electron chi connectivity index (χ4n) is 2.69. The van der Waals surface area contributed by atoms with E-state index in [1.54, 1.807) is 42.5 Å². The summed E-state index contributed by atoms with van der Waals surface area (Å²) in [6, 6.07) is 15.7. The molecule has 4 rings (SSSR count). The van der Waals surface area contributed by atoms with Crippen LogP contribution in [-0.2, 0) is 0 Å². The highest BCUT2D eigenvalue weighted by Crippen LogP contribution is 2.29. The first-order chi connectivity index (χ1) is 12.5. The third kappa shape index (κ3) is 3.14. The highest BCUT2D eigenvalue weighted by atomic mass is 35.5. The van der Waals surface area contributed by atoms with Gasteiger partial charge in [0.05, 0.1) is 17.0 Å². The van der Waals surface area contributed by atoms with E-state index in [1.807, 2.05) is 12.1 Å². The Morgan fingerprint density at radius 3 is 2.35 bits per heavy atom. The van der Waals surface area contributed by atoms with Crippen LogP contribution < -0.4 is 11.4 Å². The maximum absolute atomic E-state index is 12.4. The minimum atomic E-state index is -0.503. The minimum absolute atomic E-state index is 0.0288. The molecule has 0 aliphatic carbocycles. The second-order valence-electron chi connectivity index (χ2n) is 5.64. The molecule has 2 aromatic carbocycles. The van der Waals surface area contributed by atoms with Gasteiger partial charge in [0.1, 0.15) is 5.58 Å². The number of aromatic nitrogens is 2. The van der Waals surface area contributed by atoms with Crippen LogP contribution >= 0.6 is 23.2 Å². The molecule has 0 spiro atoms. The van der Waals surface area contributed by atoms with Gasteiger partial charge in [-0.15, -0.1) is 0 Å². The number of hydrogen-bond acceptors (Lipinski definition) is 5. The summed E-state index contributed by atoms with van der Waals surface area (Å²) in [7, 11) is 0. The van der Waals surface area contributed by atoms with Gasteiger partial charge in [-0.2, -0.15) is 0 Å². The van der Waals surface area contributed by atoms with Crippen LogP contribution in [0.25, 0.3) is 33.5 Å². The maximum Gasteiger partial charge on any atom is 0.345 e. The molecule has 4 aromatic rings. The van der Waals surface area contributed by atoms with Crippen molar-refractivity contribution in [2.45, 2.75) is 0 Å². The van der Waals surface area contributed by atoms with Gasteiger partial charge in [-0.3, -0.25) is 0 Å². The average molecular weight is 384 g/mol. The van der Waals surface area contributed by atoms with Gasteiger partial charge in [-0.05, 0) is 36.4 Å². The average Bonchev–Trinajstić information content (AvgIpc) is 2.59. The molecule has 0 fully saturated rings. The van der Waals surface area contributed by atoms with Gasteiger partial charge >= 0.3 is 5.63 Å². The largest absolute Gasteiger partial charge is 0.422 e. The highest BCUT2D eigenvalue weighted by Gasteiger charge is 2.13. The summed E-state index contributed by atoms with van der Waals surface area (Å²) >= 11 is 12.1. The van der Waals surface area contributed by atoms with Crippen LogP contribution in [0, 0.1) is 0 Å². The predicted octanol–water partition coefficient (Wildman–Crippen LogP) is 4.81. The summed E-state index contributed by atoms with van der Waals surface area (Å²) in [6.45, 7) is 0. The standard InChI is InChI=1S/C19H11Cl2N3O2/c20-12-5-11(6-13(21)8-12)15-9-16(24-19(22)23-15)14-7-10-3-1-2-4-17(10)26-18(14)25/h1-9H,(H2,22,23,24). The van der Waals surface area contributed by atoms with E-state index in [-0.39, 0.29) is 5.95 Å². The second-order valence-corrected chi connectivity index (χ2v) is 6.51. The number of halogens is 2. The van der Waals surface area contributed by atoms with Crippen molar-refractivity contribution in [1.29, 1.82) is 0 Å². The van der Waals surface area contributed by atoms with Crippen LogP contribution in [0.5, 0.6) is 0 Å². The molecule has 0 radical (unpaired) electrons. The molecule has 0 aliphatic heterocycles. The summed E-state index contributed by atoms with van der Waals surface area (Å²) in [4.78, 5) is 20.8. The number of fused-ring (bicyclic) bond motifs is 1. The molecule has 2 N–H and O–H groups in total. The van der Waals surface area contributed by atoms with Crippen LogP contribution in [-0.4, -0.2) is 9.97 Å². The number of rotatable bonds is 2. The lowest BCUT2D eigenvalue weighted by atomic mass is 10.1. The van der Waals surface area contributed by atoms with Gasteiger partial charge in [-0.1, -0.05) is 41.4 Å². The predicted molar refractivity (Wildman–Crippen MR) is 103 cm³/mol. The Bertz CT molecular complexity index is 1180. The fourth-order valence-corrected chi connectivity index (χ4v) is 3.22. The van der Waals surface area contributed by atoms with Crippen molar-refractivity contribution in [2.75, 3.05) is 5.73 Å². The van der Waals surface area contributed by atoms with E-state index in [4.69, 9.17) is 33.4 Å². The molecule has 0 bridgehead atoms. The lowest BCUT2D eigenvalue weighted by Crippen LogP contribution is -2.06. The first-order valence-electron chi connectivity index (χ1n) is 7.64. The number of anilines is 1. The molecule has 2 heterocycles. The van der Waals surface area contributed by atoms with E-state index in [9.17, 15) is 4.79 Å².